The minimum absolute atomic E-state index is 0. The second-order valence-electron chi connectivity index (χ2n) is 2.11. The molecule has 0 amide bonds. The fourth-order valence-corrected chi connectivity index (χ4v) is 0.952. The van der Waals surface area contributed by atoms with E-state index in [1.165, 1.54) is 0 Å². The van der Waals surface area contributed by atoms with Crippen LogP contribution in [0.1, 0.15) is 0 Å². The Labute approximate surface area is 77.6 Å². The molecule has 0 aliphatic rings. The van der Waals surface area contributed by atoms with Gasteiger partial charge in [0.1, 0.15) is 0 Å². The fraction of sp³-hybridized carbons (Fsp3) is 0. The van der Waals surface area contributed by atoms with Gasteiger partial charge in [-0.05, 0) is 6.07 Å². The van der Waals surface area contributed by atoms with Crippen molar-refractivity contribution in [3.05, 3.63) is 42.6 Å². The van der Waals surface area contributed by atoms with Gasteiger partial charge in [-0.25, -0.2) is 0 Å². The van der Waals surface area contributed by atoms with Crippen LogP contribution in [0.5, 0.6) is 0 Å². The maximum Gasteiger partial charge on any atom is 0.0781 e. The molecule has 2 rings (SSSR count). The van der Waals surface area contributed by atoms with E-state index in [0.717, 1.165) is 10.9 Å². The van der Waals surface area contributed by atoms with Crippen molar-refractivity contribution in [3.8, 4) is 0 Å². The van der Waals surface area contributed by atoms with Crippen LogP contribution in [-0.4, -0.2) is 23.8 Å². The van der Waals surface area contributed by atoms with E-state index in [2.05, 4.69) is 11.1 Å². The summed E-state index contributed by atoms with van der Waals surface area (Å²) in [4.78, 5) is 4.13. The van der Waals surface area contributed by atoms with Crippen molar-refractivity contribution in [1.82, 2.24) is 4.98 Å². The van der Waals surface area contributed by atoms with Crippen LogP contribution in [0.3, 0.4) is 0 Å². The molecule has 0 bridgehead atoms. The number of aromatic nitrogens is 1. The summed E-state index contributed by atoms with van der Waals surface area (Å²) < 4.78 is 0. The number of hydrogen-bond donors (Lipinski definition) is 0. The number of fused-ring (bicyclic) bond motifs is 1. The van der Waals surface area contributed by atoms with Gasteiger partial charge in [0.25, 0.3) is 0 Å². The summed E-state index contributed by atoms with van der Waals surface area (Å²) in [6.07, 6.45) is 1.78. The van der Waals surface area contributed by atoms with Crippen LogP contribution >= 0.6 is 0 Å². The van der Waals surface area contributed by atoms with E-state index in [4.69, 9.17) is 0 Å². The van der Waals surface area contributed by atoms with Gasteiger partial charge < -0.3 is 0 Å². The number of pyridine rings is 1. The Morgan fingerprint density at radius 2 is 2.00 bits per heavy atom. The zero-order valence-corrected chi connectivity index (χ0v) is 5.41. The van der Waals surface area contributed by atoms with Gasteiger partial charge in [-0.3, -0.25) is 4.98 Å². The normalized spacial score (nSPS) is 9.09. The molecule has 0 atom stereocenters. The number of para-hydroxylation sites is 1. The molecule has 1 nitrogen and oxygen atoms in total. The summed E-state index contributed by atoms with van der Waals surface area (Å²) in [5, 5.41) is 1.14. The molecule has 1 heterocycles. The zero-order chi connectivity index (χ0) is 6.81. The first kappa shape index (κ1) is 8.33. The predicted octanol–water partition coefficient (Wildman–Crippen LogP) is 1.39. The number of hydrogen-bond acceptors (Lipinski definition) is 1. The summed E-state index contributed by atoms with van der Waals surface area (Å²) in [5.74, 6) is 0. The molecule has 2 aromatic rings. The maximum absolute atomic E-state index is 4.13. The van der Waals surface area contributed by atoms with Crippen LogP contribution in [0.25, 0.3) is 10.9 Å². The van der Waals surface area contributed by atoms with Crippen molar-refractivity contribution in [1.29, 1.82) is 0 Å². The molecule has 0 aliphatic heterocycles. The first-order chi connectivity index (χ1) is 4.97. The molecule has 0 spiro atoms. The van der Waals surface area contributed by atoms with E-state index in [9.17, 15) is 0 Å². The molecule has 0 aliphatic carbocycles. The maximum atomic E-state index is 4.13. The van der Waals surface area contributed by atoms with Gasteiger partial charge in [0, 0.05) is 17.6 Å². The van der Waals surface area contributed by atoms with Crippen molar-refractivity contribution in [2.45, 2.75) is 0 Å². The van der Waals surface area contributed by atoms with Gasteiger partial charge in [-0.1, -0.05) is 24.3 Å². The van der Waals surface area contributed by atoms with Crippen LogP contribution in [0.4, 0.5) is 0 Å². The Balaban J connectivity index is 0.000000605. The summed E-state index contributed by atoms with van der Waals surface area (Å²) in [7, 11) is 0. The van der Waals surface area contributed by atoms with Gasteiger partial charge in [-0.15, -0.1) is 0 Å². The van der Waals surface area contributed by atoms with Crippen LogP contribution in [0.15, 0.2) is 36.5 Å². The molecule has 0 saturated heterocycles. The van der Waals surface area contributed by atoms with Crippen molar-refractivity contribution in [2.75, 3.05) is 0 Å². The standard InChI is InChI=1S/C9H6N.Li.H/c1-2-6-9-8(4-1)5-3-7-10-9;;/h1-5,7H;;. The summed E-state index contributed by atoms with van der Waals surface area (Å²) in [6, 6.07) is 12.9. The molecule has 1 aromatic carbocycles. The van der Waals surface area contributed by atoms with E-state index in [1.807, 2.05) is 30.3 Å². The van der Waals surface area contributed by atoms with Gasteiger partial charge in [0.2, 0.25) is 0 Å². The van der Waals surface area contributed by atoms with Crippen LogP contribution in [0.2, 0.25) is 0 Å². The van der Waals surface area contributed by atoms with Crippen molar-refractivity contribution in [2.24, 2.45) is 0 Å². The molecule has 49 valence electrons. The van der Waals surface area contributed by atoms with Gasteiger partial charge in [-0.2, -0.15) is 0 Å². The minimum atomic E-state index is 0. The van der Waals surface area contributed by atoms with Crippen LogP contribution < -0.4 is 0 Å². The molecular weight excluding hydrogens is 129 g/mol. The molecule has 0 unspecified atom stereocenters. The van der Waals surface area contributed by atoms with Crippen molar-refractivity contribution < 1.29 is 0 Å². The van der Waals surface area contributed by atoms with Gasteiger partial charge in [0.05, 0.1) is 5.52 Å². The largest absolute Gasteiger partial charge is 0.256 e. The monoisotopic (exact) mass is 136 g/mol. The Kier molecular flexibility index (Phi) is 2.70. The van der Waals surface area contributed by atoms with Crippen LogP contribution in [-0.2, 0) is 0 Å². The number of benzene rings is 1. The third kappa shape index (κ3) is 1.62. The van der Waals surface area contributed by atoms with Gasteiger partial charge in [0.15, 0.2) is 0 Å². The molecule has 0 fully saturated rings. The summed E-state index contributed by atoms with van der Waals surface area (Å²) >= 11 is 0. The SMILES string of the molecule is [LiH].[c]1cccc2cccnc12. The molecular formula is C9H7LiN. The molecule has 0 N–H and O–H groups in total. The molecule has 1 radical (unpaired) electrons. The Morgan fingerprint density at radius 1 is 1.18 bits per heavy atom. The van der Waals surface area contributed by atoms with Crippen molar-refractivity contribution in [3.63, 3.8) is 0 Å². The third-order valence-corrected chi connectivity index (χ3v) is 1.43. The molecule has 0 saturated carbocycles. The smallest absolute Gasteiger partial charge is 0.0781 e. The van der Waals surface area contributed by atoms with E-state index in [-0.39, 0.29) is 18.9 Å². The Hall–Kier alpha value is -0.773. The number of rotatable bonds is 0. The van der Waals surface area contributed by atoms with E-state index in [0.29, 0.717) is 0 Å². The predicted molar refractivity (Wildman–Crippen MR) is 47.7 cm³/mol. The second-order valence-corrected chi connectivity index (χ2v) is 2.11. The first-order valence-corrected chi connectivity index (χ1v) is 3.18. The average molecular weight is 136 g/mol. The van der Waals surface area contributed by atoms with E-state index in [1.54, 1.807) is 6.20 Å². The van der Waals surface area contributed by atoms with Crippen LogP contribution in [0, 0.1) is 6.07 Å². The summed E-state index contributed by atoms with van der Waals surface area (Å²) in [5.41, 5.74) is 0.935. The third-order valence-electron chi connectivity index (χ3n) is 1.43. The Bertz CT molecular complexity index is 281. The number of nitrogens with zero attached hydrogens (tertiary/aromatic N) is 1. The van der Waals surface area contributed by atoms with Gasteiger partial charge >= 0.3 is 18.9 Å². The second kappa shape index (κ2) is 3.57. The Morgan fingerprint density at radius 3 is 2.82 bits per heavy atom. The topological polar surface area (TPSA) is 12.9 Å². The van der Waals surface area contributed by atoms with E-state index < -0.39 is 0 Å². The van der Waals surface area contributed by atoms with Crippen molar-refractivity contribution >= 4 is 29.8 Å². The zero-order valence-electron chi connectivity index (χ0n) is 5.41. The molecule has 2 heteroatoms. The first-order valence-electron chi connectivity index (χ1n) is 3.18. The molecule has 11 heavy (non-hydrogen) atoms. The minimum Gasteiger partial charge on any atom is -0.256 e. The molecule has 1 aromatic heterocycles. The quantitative estimate of drug-likeness (QED) is 0.498. The van der Waals surface area contributed by atoms with E-state index >= 15 is 0 Å². The average Bonchev–Trinajstić information content (AvgIpc) is 2.05. The fourth-order valence-electron chi connectivity index (χ4n) is 0.952. The summed E-state index contributed by atoms with van der Waals surface area (Å²) in [6.45, 7) is 0.